The number of nitrogens with zero attached hydrogens (tertiary/aromatic N) is 5. The second-order valence-electron chi connectivity index (χ2n) is 11.3. The third-order valence-corrected chi connectivity index (χ3v) is 8.15. The van der Waals surface area contributed by atoms with E-state index in [1.165, 1.54) is 43.0 Å². The zero-order chi connectivity index (χ0) is 33.7. The molecule has 49 heavy (non-hydrogen) atoms. The third-order valence-electron chi connectivity index (χ3n) is 8.15. The summed E-state index contributed by atoms with van der Waals surface area (Å²) >= 11 is 0. The van der Waals surface area contributed by atoms with E-state index in [2.05, 4.69) is 30.2 Å². The summed E-state index contributed by atoms with van der Waals surface area (Å²) in [5.74, 6) is 0.0568. The zero-order valence-corrected chi connectivity index (χ0v) is 26.5. The van der Waals surface area contributed by atoms with Crippen molar-refractivity contribution in [3.05, 3.63) is 91.0 Å². The van der Waals surface area contributed by atoms with E-state index in [1.807, 2.05) is 0 Å². The molecule has 1 aliphatic rings. The number of pyridine rings is 2. The number of benzene rings is 3. The Morgan fingerprint density at radius 2 is 1.80 bits per heavy atom. The van der Waals surface area contributed by atoms with Crippen molar-refractivity contribution in [2.24, 2.45) is 0 Å². The second kappa shape index (κ2) is 14.2. The van der Waals surface area contributed by atoms with Crippen LogP contribution in [0.15, 0.2) is 79.4 Å². The molecule has 0 bridgehead atoms. The number of nitrogens with one attached hydrogen (secondary N) is 1. The molecule has 1 saturated heterocycles. The lowest BCUT2D eigenvalue weighted by molar-refractivity contribution is 0.0357. The van der Waals surface area contributed by atoms with Gasteiger partial charge in [0.15, 0.2) is 23.1 Å². The van der Waals surface area contributed by atoms with Crippen molar-refractivity contribution in [2.75, 3.05) is 51.9 Å². The van der Waals surface area contributed by atoms with Gasteiger partial charge in [-0.2, -0.15) is 0 Å². The van der Waals surface area contributed by atoms with Crippen LogP contribution in [-0.4, -0.2) is 76.5 Å². The lowest BCUT2D eigenvalue weighted by Gasteiger charge is -2.26. The first-order chi connectivity index (χ1) is 24.0. The summed E-state index contributed by atoms with van der Waals surface area (Å²) in [5.41, 5.74) is 2.10. The molecular weight excluding hydrogens is 634 g/mol. The van der Waals surface area contributed by atoms with Crippen LogP contribution < -0.4 is 19.5 Å². The molecule has 7 rings (SSSR count). The molecule has 0 amide bonds. The van der Waals surface area contributed by atoms with Crippen molar-refractivity contribution >= 4 is 33.3 Å². The minimum Gasteiger partial charge on any atom is -0.506 e. The number of rotatable bonds is 11. The largest absolute Gasteiger partial charge is 0.506 e. The highest BCUT2D eigenvalue weighted by molar-refractivity contribution is 6.00. The Hall–Kier alpha value is -5.66. The van der Waals surface area contributed by atoms with Gasteiger partial charge in [0.05, 0.1) is 48.7 Å². The molecule has 0 aliphatic carbocycles. The van der Waals surface area contributed by atoms with Crippen LogP contribution in [0.3, 0.4) is 0 Å². The van der Waals surface area contributed by atoms with E-state index < -0.39 is 11.6 Å². The van der Waals surface area contributed by atoms with E-state index in [0.29, 0.717) is 56.7 Å². The lowest BCUT2D eigenvalue weighted by Crippen LogP contribution is -2.37. The van der Waals surface area contributed by atoms with Gasteiger partial charge in [0, 0.05) is 55.4 Å². The Bertz CT molecular complexity index is 2130. The molecule has 0 spiro atoms. The Labute approximate surface area is 280 Å². The smallest absolute Gasteiger partial charge is 0.230 e. The highest BCUT2D eigenvalue weighted by Crippen LogP contribution is 2.40. The minimum absolute atomic E-state index is 0.0712. The summed E-state index contributed by atoms with van der Waals surface area (Å²) in [4.78, 5) is 19.7. The van der Waals surface area contributed by atoms with Crippen LogP contribution in [0.2, 0.25) is 0 Å². The molecule has 4 heterocycles. The van der Waals surface area contributed by atoms with Gasteiger partial charge in [-0.3, -0.25) is 9.88 Å². The Morgan fingerprint density at radius 1 is 0.918 bits per heavy atom. The van der Waals surface area contributed by atoms with Crippen molar-refractivity contribution in [3.8, 4) is 40.0 Å². The van der Waals surface area contributed by atoms with Crippen LogP contribution in [0, 0.1) is 11.6 Å². The van der Waals surface area contributed by atoms with Crippen LogP contribution in [0.25, 0.3) is 32.9 Å². The van der Waals surface area contributed by atoms with Gasteiger partial charge >= 0.3 is 0 Å². The van der Waals surface area contributed by atoms with Crippen molar-refractivity contribution in [2.45, 2.75) is 6.42 Å². The van der Waals surface area contributed by atoms with E-state index in [9.17, 15) is 9.50 Å². The first-order valence-corrected chi connectivity index (χ1v) is 15.7. The van der Waals surface area contributed by atoms with Gasteiger partial charge in [0.2, 0.25) is 5.88 Å². The molecule has 11 nitrogen and oxygen atoms in total. The number of morpholine rings is 1. The number of aromatic hydroxyl groups is 1. The molecule has 3 aromatic heterocycles. The molecule has 250 valence electrons. The maximum atomic E-state index is 15.5. The van der Waals surface area contributed by atoms with Gasteiger partial charge in [-0.25, -0.2) is 23.7 Å². The van der Waals surface area contributed by atoms with Gasteiger partial charge in [0.25, 0.3) is 0 Å². The van der Waals surface area contributed by atoms with Crippen molar-refractivity contribution < 1.29 is 32.8 Å². The van der Waals surface area contributed by atoms with Crippen LogP contribution >= 0.6 is 0 Å². The van der Waals surface area contributed by atoms with E-state index in [-0.39, 0.29) is 23.2 Å². The maximum Gasteiger partial charge on any atom is 0.230 e. The monoisotopic (exact) mass is 666 g/mol. The lowest BCUT2D eigenvalue weighted by atomic mass is 10.0. The van der Waals surface area contributed by atoms with Crippen LogP contribution in [0.5, 0.6) is 28.9 Å². The van der Waals surface area contributed by atoms with Crippen LogP contribution in [-0.2, 0) is 4.74 Å². The number of hydrogen-bond donors (Lipinski definition) is 2. The predicted molar refractivity (Wildman–Crippen MR) is 180 cm³/mol. The summed E-state index contributed by atoms with van der Waals surface area (Å²) in [5, 5.41) is 15.1. The van der Waals surface area contributed by atoms with Gasteiger partial charge in [0.1, 0.15) is 23.7 Å². The van der Waals surface area contributed by atoms with E-state index in [0.717, 1.165) is 39.3 Å². The van der Waals surface area contributed by atoms with Crippen molar-refractivity contribution in [1.82, 2.24) is 24.8 Å². The number of methoxy groups -OCH3 is 1. The van der Waals surface area contributed by atoms with Gasteiger partial charge in [-0.05, 0) is 48.4 Å². The molecule has 13 heteroatoms. The first-order valence-electron chi connectivity index (χ1n) is 15.7. The number of hydrogen-bond acceptors (Lipinski definition) is 11. The summed E-state index contributed by atoms with van der Waals surface area (Å²) < 4.78 is 52.4. The van der Waals surface area contributed by atoms with Crippen molar-refractivity contribution in [1.29, 1.82) is 0 Å². The SMILES string of the molecule is COc1cc2ncnc(Oc3ccc(Nc4nccc5ncc(-c6cccc(F)c6)c(O)c45)cc3F)c2cc1OCCCN1CCOCC1. The minimum atomic E-state index is -0.673. The Balaban J connectivity index is 1.11. The Morgan fingerprint density at radius 3 is 2.61 bits per heavy atom. The maximum absolute atomic E-state index is 15.5. The quantitative estimate of drug-likeness (QED) is 0.141. The van der Waals surface area contributed by atoms with E-state index in [1.54, 1.807) is 43.5 Å². The zero-order valence-electron chi connectivity index (χ0n) is 26.5. The second-order valence-corrected chi connectivity index (χ2v) is 11.3. The molecule has 3 aromatic carbocycles. The van der Waals surface area contributed by atoms with Crippen LogP contribution in [0.1, 0.15) is 6.42 Å². The summed E-state index contributed by atoms with van der Waals surface area (Å²) in [6.45, 7) is 4.66. The summed E-state index contributed by atoms with van der Waals surface area (Å²) in [6, 6.07) is 15.2. The van der Waals surface area contributed by atoms with E-state index in [4.69, 9.17) is 18.9 Å². The van der Waals surface area contributed by atoms with E-state index >= 15 is 4.39 Å². The molecule has 0 unspecified atom stereocenters. The fraction of sp³-hybridized carbons (Fsp3) is 0.222. The average molecular weight is 667 g/mol. The molecule has 0 radical (unpaired) electrons. The molecule has 6 aromatic rings. The number of fused-ring (bicyclic) bond motifs is 2. The van der Waals surface area contributed by atoms with Gasteiger partial charge < -0.3 is 29.4 Å². The molecule has 0 saturated carbocycles. The number of aromatic nitrogens is 4. The summed E-state index contributed by atoms with van der Waals surface area (Å²) in [6.07, 6.45) is 5.14. The van der Waals surface area contributed by atoms with Crippen LogP contribution in [0.4, 0.5) is 20.3 Å². The standard InChI is InChI=1S/C36H32F2N6O5/c1-46-31-19-29-25(18-32(31)48-13-3-10-44-11-14-47-15-12-44)36(42-21-41-29)49-30-7-6-24(17-27(30)38)43-35-33-28(8-9-39-35)40-20-26(34(33)45)22-4-2-5-23(37)16-22/h2,4-9,16-21H,3,10-15H2,1H3,(H,39,43)(H,40,45). The number of anilines is 2. The predicted octanol–water partition coefficient (Wildman–Crippen LogP) is 6.87. The number of halogens is 2. The topological polar surface area (TPSA) is 124 Å². The third kappa shape index (κ3) is 6.98. The molecule has 2 N–H and O–H groups in total. The molecule has 1 aliphatic heterocycles. The highest BCUT2D eigenvalue weighted by Gasteiger charge is 2.18. The normalized spacial score (nSPS) is 13.4. The molecule has 1 fully saturated rings. The Kier molecular flexibility index (Phi) is 9.26. The van der Waals surface area contributed by atoms with Gasteiger partial charge in [-0.1, -0.05) is 12.1 Å². The average Bonchev–Trinajstić information content (AvgIpc) is 3.11. The van der Waals surface area contributed by atoms with Gasteiger partial charge in [-0.15, -0.1) is 0 Å². The number of ether oxygens (including phenoxy) is 4. The summed E-state index contributed by atoms with van der Waals surface area (Å²) in [7, 11) is 1.56. The first kappa shape index (κ1) is 31.9. The molecule has 0 atom stereocenters. The molecular formula is C36H32F2N6O5. The fourth-order valence-electron chi connectivity index (χ4n) is 5.68. The highest BCUT2D eigenvalue weighted by atomic mass is 19.1. The van der Waals surface area contributed by atoms with Crippen molar-refractivity contribution in [3.63, 3.8) is 0 Å². The fourth-order valence-corrected chi connectivity index (χ4v) is 5.68.